The molecule has 4 N–H and O–H groups in total. The Kier molecular flexibility index (Phi) is 4.54. The number of aromatic amines is 1. The smallest absolute Gasteiger partial charge is 0.277 e. The highest BCUT2D eigenvalue weighted by Gasteiger charge is 2.29. The van der Waals surface area contributed by atoms with E-state index >= 15 is 0 Å². The normalized spacial score (nSPS) is 15.9. The van der Waals surface area contributed by atoms with Crippen LogP contribution < -0.4 is 16.6 Å². The van der Waals surface area contributed by atoms with Crippen molar-refractivity contribution in [1.29, 1.82) is 0 Å². The Balaban J connectivity index is 2.17. The number of rotatable bonds is 6. The third-order valence-electron chi connectivity index (χ3n) is 3.81. The Morgan fingerprint density at radius 1 is 1.45 bits per heavy atom. The number of hydrogen-bond acceptors (Lipinski definition) is 4. The lowest BCUT2D eigenvalue weighted by Crippen LogP contribution is -2.41. The summed E-state index contributed by atoms with van der Waals surface area (Å²) in [6.07, 6.45) is 3.56. The molecule has 1 fully saturated rings. The molecule has 6 nitrogen and oxygen atoms in total. The third kappa shape index (κ3) is 3.07. The van der Waals surface area contributed by atoms with Gasteiger partial charge in [-0.2, -0.15) is 5.10 Å². The summed E-state index contributed by atoms with van der Waals surface area (Å²) in [5.41, 5.74) is 7.20. The van der Waals surface area contributed by atoms with Crippen molar-refractivity contribution in [3.8, 4) is 0 Å². The molecule has 0 aromatic carbocycles. The first-order valence-corrected chi connectivity index (χ1v) is 7.22. The number of aromatic nitrogens is 2. The highest BCUT2D eigenvalue weighted by molar-refractivity contribution is 5.95. The van der Waals surface area contributed by atoms with Gasteiger partial charge in [-0.05, 0) is 37.2 Å². The fourth-order valence-electron chi connectivity index (χ4n) is 2.43. The van der Waals surface area contributed by atoms with Gasteiger partial charge >= 0.3 is 0 Å². The molecule has 20 heavy (non-hydrogen) atoms. The molecule has 1 unspecified atom stereocenters. The fourth-order valence-corrected chi connectivity index (χ4v) is 2.43. The minimum absolute atomic E-state index is 0.0180. The van der Waals surface area contributed by atoms with Gasteiger partial charge < -0.3 is 11.1 Å². The second kappa shape index (κ2) is 6.17. The first-order chi connectivity index (χ1) is 9.58. The van der Waals surface area contributed by atoms with Gasteiger partial charge in [-0.3, -0.25) is 9.59 Å². The van der Waals surface area contributed by atoms with Gasteiger partial charge in [0.05, 0.1) is 5.69 Å². The number of H-pyrrole nitrogens is 1. The van der Waals surface area contributed by atoms with E-state index in [2.05, 4.69) is 15.5 Å². The lowest BCUT2D eigenvalue weighted by molar-refractivity contribution is 0.0947. The second-order valence-electron chi connectivity index (χ2n) is 5.27. The van der Waals surface area contributed by atoms with E-state index in [0.717, 1.165) is 24.1 Å². The van der Waals surface area contributed by atoms with E-state index < -0.39 is 5.56 Å². The number of aryl methyl sites for hydroxylation is 1. The first kappa shape index (κ1) is 14.7. The molecule has 0 bridgehead atoms. The predicted octanol–water partition coefficient (Wildman–Crippen LogP) is 0.362. The predicted molar refractivity (Wildman–Crippen MR) is 76.6 cm³/mol. The number of carbonyl (C=O) groups excluding carboxylic acids is 1. The zero-order valence-electron chi connectivity index (χ0n) is 12.0. The van der Waals surface area contributed by atoms with Crippen LogP contribution in [0, 0.1) is 5.92 Å². The molecule has 1 amide bonds. The van der Waals surface area contributed by atoms with Gasteiger partial charge in [0, 0.05) is 12.6 Å². The summed E-state index contributed by atoms with van der Waals surface area (Å²) in [6.45, 7) is 4.28. The molecule has 1 atom stereocenters. The molecular formula is C14H22N4O2. The topological polar surface area (TPSA) is 101 Å². The van der Waals surface area contributed by atoms with E-state index in [1.54, 1.807) is 0 Å². The number of hydrogen-bond donors (Lipinski definition) is 3. The summed E-state index contributed by atoms with van der Waals surface area (Å²) in [5, 5.41) is 9.18. The summed E-state index contributed by atoms with van der Waals surface area (Å²) in [4.78, 5) is 24.1. The average Bonchev–Trinajstić information content (AvgIpc) is 3.28. The SMILES string of the molecule is CCc1n[nH]c(=O)c(C(=O)NCC(N)C2CC2)c1CC. The van der Waals surface area contributed by atoms with Gasteiger partial charge in [0.2, 0.25) is 0 Å². The number of carbonyl (C=O) groups is 1. The Morgan fingerprint density at radius 2 is 2.15 bits per heavy atom. The van der Waals surface area contributed by atoms with Crippen molar-refractivity contribution >= 4 is 5.91 Å². The van der Waals surface area contributed by atoms with Crippen LogP contribution in [-0.4, -0.2) is 28.7 Å². The van der Waals surface area contributed by atoms with E-state index in [1.165, 1.54) is 0 Å². The van der Waals surface area contributed by atoms with Crippen LogP contribution in [0.5, 0.6) is 0 Å². The van der Waals surface area contributed by atoms with E-state index in [4.69, 9.17) is 5.73 Å². The van der Waals surface area contributed by atoms with Crippen molar-refractivity contribution in [2.75, 3.05) is 6.54 Å². The highest BCUT2D eigenvalue weighted by Crippen LogP contribution is 2.31. The van der Waals surface area contributed by atoms with E-state index in [9.17, 15) is 9.59 Å². The van der Waals surface area contributed by atoms with Crippen LogP contribution in [0.15, 0.2) is 4.79 Å². The van der Waals surface area contributed by atoms with Crippen LogP contribution in [0.25, 0.3) is 0 Å². The summed E-state index contributed by atoms with van der Waals surface area (Å²) in [7, 11) is 0. The molecule has 1 heterocycles. The van der Waals surface area contributed by atoms with Crippen molar-refractivity contribution in [2.24, 2.45) is 11.7 Å². The van der Waals surface area contributed by atoms with Gasteiger partial charge in [0.1, 0.15) is 5.56 Å². The summed E-state index contributed by atoms with van der Waals surface area (Å²) in [6, 6.07) is -0.0180. The zero-order valence-corrected chi connectivity index (χ0v) is 12.0. The van der Waals surface area contributed by atoms with Crippen LogP contribution in [-0.2, 0) is 12.8 Å². The second-order valence-corrected chi connectivity index (χ2v) is 5.27. The van der Waals surface area contributed by atoms with Crippen molar-refractivity contribution in [3.05, 3.63) is 27.2 Å². The maximum Gasteiger partial charge on any atom is 0.277 e. The Bertz CT molecular complexity index is 549. The molecule has 110 valence electrons. The minimum Gasteiger partial charge on any atom is -0.350 e. The van der Waals surface area contributed by atoms with E-state index in [1.807, 2.05) is 13.8 Å². The molecular weight excluding hydrogens is 256 g/mol. The molecule has 6 heteroatoms. The van der Waals surface area contributed by atoms with Gasteiger partial charge in [-0.25, -0.2) is 5.10 Å². The highest BCUT2D eigenvalue weighted by atomic mass is 16.2. The Hall–Kier alpha value is -1.69. The maximum atomic E-state index is 12.2. The summed E-state index contributed by atoms with van der Waals surface area (Å²) < 4.78 is 0. The first-order valence-electron chi connectivity index (χ1n) is 7.22. The molecule has 2 rings (SSSR count). The molecule has 0 spiro atoms. The Morgan fingerprint density at radius 3 is 2.70 bits per heavy atom. The molecule has 0 saturated heterocycles. The summed E-state index contributed by atoms with van der Waals surface area (Å²) in [5.74, 6) is 0.166. The van der Waals surface area contributed by atoms with Crippen LogP contribution in [0.2, 0.25) is 0 Å². The third-order valence-corrected chi connectivity index (χ3v) is 3.81. The van der Waals surface area contributed by atoms with Gasteiger partial charge in [0.15, 0.2) is 0 Å². The molecule has 1 aromatic heterocycles. The van der Waals surface area contributed by atoms with Crippen molar-refractivity contribution < 1.29 is 4.79 Å². The zero-order chi connectivity index (χ0) is 14.7. The minimum atomic E-state index is -0.434. The Labute approximate surface area is 118 Å². The summed E-state index contributed by atoms with van der Waals surface area (Å²) >= 11 is 0. The fraction of sp³-hybridized carbons (Fsp3) is 0.643. The molecule has 1 saturated carbocycles. The van der Waals surface area contributed by atoms with Crippen molar-refractivity contribution in [3.63, 3.8) is 0 Å². The van der Waals surface area contributed by atoms with Crippen molar-refractivity contribution in [2.45, 2.75) is 45.6 Å². The van der Waals surface area contributed by atoms with Gasteiger partial charge in [-0.1, -0.05) is 13.8 Å². The lowest BCUT2D eigenvalue weighted by atomic mass is 10.0. The van der Waals surface area contributed by atoms with Crippen LogP contribution in [0.3, 0.4) is 0 Å². The lowest BCUT2D eigenvalue weighted by Gasteiger charge is -2.13. The monoisotopic (exact) mass is 278 g/mol. The molecule has 1 aliphatic carbocycles. The largest absolute Gasteiger partial charge is 0.350 e. The number of nitrogens with two attached hydrogens (primary N) is 1. The molecule has 0 radical (unpaired) electrons. The van der Waals surface area contributed by atoms with Gasteiger partial charge in [0.25, 0.3) is 11.5 Å². The van der Waals surface area contributed by atoms with Gasteiger partial charge in [-0.15, -0.1) is 0 Å². The van der Waals surface area contributed by atoms with Crippen molar-refractivity contribution in [1.82, 2.24) is 15.5 Å². The average molecular weight is 278 g/mol. The molecule has 1 aliphatic rings. The maximum absolute atomic E-state index is 12.2. The van der Waals surface area contributed by atoms with Crippen LogP contribution in [0.1, 0.15) is 48.3 Å². The van der Waals surface area contributed by atoms with E-state index in [-0.39, 0.29) is 17.5 Å². The molecule has 1 aromatic rings. The standard InChI is InChI=1S/C14H22N4O2/c1-3-9-11(4-2)17-18-14(20)12(9)13(19)16-7-10(15)8-5-6-8/h8,10H,3-7,15H2,1-2H3,(H,16,19)(H,18,20). The molecule has 0 aliphatic heterocycles. The van der Waals surface area contributed by atoms with Crippen LogP contribution >= 0.6 is 0 Å². The quantitative estimate of drug-likeness (QED) is 0.699. The number of nitrogens with zero attached hydrogens (tertiary/aromatic N) is 1. The number of amides is 1. The van der Waals surface area contributed by atoms with E-state index in [0.29, 0.717) is 25.3 Å². The van der Waals surface area contributed by atoms with Crippen LogP contribution in [0.4, 0.5) is 0 Å². The number of nitrogens with one attached hydrogen (secondary N) is 2.